The summed E-state index contributed by atoms with van der Waals surface area (Å²) < 4.78 is 5.15. The molecule has 0 aliphatic rings. The lowest BCUT2D eigenvalue weighted by Gasteiger charge is -2.30. The van der Waals surface area contributed by atoms with Crippen LogP contribution < -0.4 is 10.1 Å². The van der Waals surface area contributed by atoms with Gasteiger partial charge in [-0.05, 0) is 41.8 Å². The van der Waals surface area contributed by atoms with Gasteiger partial charge in [0.1, 0.15) is 11.8 Å². The van der Waals surface area contributed by atoms with Crippen LogP contribution >= 0.6 is 11.6 Å². The number of ether oxygens (including phenoxy) is 1. The third-order valence-electron chi connectivity index (χ3n) is 4.41. The van der Waals surface area contributed by atoms with Gasteiger partial charge in [0.2, 0.25) is 11.8 Å². The van der Waals surface area contributed by atoms with Crippen molar-refractivity contribution in [3.63, 3.8) is 0 Å². The standard InChI is InChI=1S/C21H25ClN2O3/c1-4-19(21(26)23-2)24(14-16-5-9-17(22)10-6-16)20(25)13-15-7-11-18(27-3)12-8-15/h5-12,19H,4,13-14H2,1-3H3,(H,23,26)/t19-/m0/s1. The Labute approximate surface area is 165 Å². The molecule has 0 spiro atoms. The molecular weight excluding hydrogens is 364 g/mol. The van der Waals surface area contributed by atoms with Crippen LogP contribution in [0.3, 0.4) is 0 Å². The highest BCUT2D eigenvalue weighted by atomic mass is 35.5. The molecule has 0 saturated heterocycles. The summed E-state index contributed by atoms with van der Waals surface area (Å²) >= 11 is 5.95. The zero-order valence-corrected chi connectivity index (χ0v) is 16.6. The Morgan fingerprint density at radius 2 is 1.67 bits per heavy atom. The van der Waals surface area contributed by atoms with Crippen molar-refractivity contribution in [2.75, 3.05) is 14.2 Å². The maximum atomic E-state index is 13.0. The SMILES string of the molecule is CC[C@@H](C(=O)NC)N(Cc1ccc(Cl)cc1)C(=O)Cc1ccc(OC)cc1. The van der Waals surface area contributed by atoms with Crippen LogP contribution in [-0.2, 0) is 22.6 Å². The van der Waals surface area contributed by atoms with Gasteiger partial charge in [-0.2, -0.15) is 0 Å². The molecule has 5 nitrogen and oxygen atoms in total. The van der Waals surface area contributed by atoms with Crippen molar-refractivity contribution < 1.29 is 14.3 Å². The number of carbonyl (C=O) groups excluding carboxylic acids is 2. The van der Waals surface area contributed by atoms with Crippen molar-refractivity contribution in [1.82, 2.24) is 10.2 Å². The van der Waals surface area contributed by atoms with Gasteiger partial charge in [-0.3, -0.25) is 9.59 Å². The number of hydrogen-bond donors (Lipinski definition) is 1. The molecule has 2 amide bonds. The largest absolute Gasteiger partial charge is 0.497 e. The molecule has 6 heteroatoms. The maximum Gasteiger partial charge on any atom is 0.242 e. The van der Waals surface area contributed by atoms with Crippen molar-refractivity contribution in [3.05, 3.63) is 64.7 Å². The number of halogens is 1. The van der Waals surface area contributed by atoms with Crippen molar-refractivity contribution in [3.8, 4) is 5.75 Å². The summed E-state index contributed by atoms with van der Waals surface area (Å²) in [6, 6.07) is 14.1. The first-order valence-corrected chi connectivity index (χ1v) is 9.24. The zero-order chi connectivity index (χ0) is 19.8. The number of nitrogens with one attached hydrogen (secondary N) is 1. The average Bonchev–Trinajstić information content (AvgIpc) is 2.69. The lowest BCUT2D eigenvalue weighted by molar-refractivity contribution is -0.140. The Balaban J connectivity index is 2.24. The number of carbonyl (C=O) groups is 2. The van der Waals surface area contributed by atoms with Gasteiger partial charge in [-0.1, -0.05) is 42.8 Å². The quantitative estimate of drug-likeness (QED) is 0.753. The molecule has 2 aromatic carbocycles. The van der Waals surface area contributed by atoms with Gasteiger partial charge in [-0.15, -0.1) is 0 Å². The van der Waals surface area contributed by atoms with Crippen LogP contribution in [0.15, 0.2) is 48.5 Å². The molecule has 2 rings (SSSR count). The summed E-state index contributed by atoms with van der Waals surface area (Å²) in [5.41, 5.74) is 1.79. The van der Waals surface area contributed by atoms with E-state index in [1.807, 2.05) is 43.3 Å². The predicted octanol–water partition coefficient (Wildman–Crippen LogP) is 3.44. The van der Waals surface area contributed by atoms with Crippen molar-refractivity contribution in [2.24, 2.45) is 0 Å². The third-order valence-corrected chi connectivity index (χ3v) is 4.66. The molecular formula is C21H25ClN2O3. The second-order valence-corrected chi connectivity index (χ2v) is 6.65. The lowest BCUT2D eigenvalue weighted by Crippen LogP contribution is -2.48. The minimum absolute atomic E-state index is 0.106. The highest BCUT2D eigenvalue weighted by Gasteiger charge is 2.27. The van der Waals surface area contributed by atoms with E-state index in [1.165, 1.54) is 0 Å². The highest BCUT2D eigenvalue weighted by Crippen LogP contribution is 2.18. The van der Waals surface area contributed by atoms with Crippen LogP contribution in [0.4, 0.5) is 0 Å². The second-order valence-electron chi connectivity index (χ2n) is 6.21. The first-order valence-electron chi connectivity index (χ1n) is 8.87. The summed E-state index contributed by atoms with van der Waals surface area (Å²) in [6.45, 7) is 2.24. The molecule has 2 aromatic rings. The summed E-state index contributed by atoms with van der Waals surface area (Å²) in [6.07, 6.45) is 0.743. The average molecular weight is 389 g/mol. The molecule has 1 atom stereocenters. The number of hydrogen-bond acceptors (Lipinski definition) is 3. The summed E-state index contributed by atoms with van der Waals surface area (Å²) in [7, 11) is 3.18. The zero-order valence-electron chi connectivity index (χ0n) is 15.9. The minimum atomic E-state index is -0.531. The van der Waals surface area contributed by atoms with Crippen molar-refractivity contribution in [2.45, 2.75) is 32.4 Å². The molecule has 144 valence electrons. The lowest BCUT2D eigenvalue weighted by atomic mass is 10.1. The number of amides is 2. The van der Waals surface area contributed by atoms with E-state index < -0.39 is 6.04 Å². The highest BCUT2D eigenvalue weighted by molar-refractivity contribution is 6.30. The third kappa shape index (κ3) is 5.73. The fourth-order valence-electron chi connectivity index (χ4n) is 2.89. The van der Waals surface area contributed by atoms with Gasteiger partial charge in [-0.25, -0.2) is 0 Å². The van der Waals surface area contributed by atoms with Crippen LogP contribution in [0.1, 0.15) is 24.5 Å². The first-order chi connectivity index (χ1) is 13.0. The van der Waals surface area contributed by atoms with E-state index in [2.05, 4.69) is 5.32 Å². The molecule has 0 fully saturated rings. The number of benzene rings is 2. The smallest absolute Gasteiger partial charge is 0.242 e. The Morgan fingerprint density at radius 3 is 2.19 bits per heavy atom. The first kappa shape index (κ1) is 20.8. The molecule has 0 radical (unpaired) electrons. The Bertz CT molecular complexity index is 760. The van der Waals surface area contributed by atoms with Gasteiger partial charge in [0.25, 0.3) is 0 Å². The van der Waals surface area contributed by atoms with Gasteiger partial charge >= 0.3 is 0 Å². The molecule has 0 aliphatic heterocycles. The molecule has 0 heterocycles. The summed E-state index contributed by atoms with van der Waals surface area (Å²) in [4.78, 5) is 27.0. The Morgan fingerprint density at radius 1 is 1.07 bits per heavy atom. The second kappa shape index (κ2) is 9.97. The van der Waals surface area contributed by atoms with Gasteiger partial charge in [0.15, 0.2) is 0 Å². The number of rotatable bonds is 8. The summed E-state index contributed by atoms with van der Waals surface area (Å²) in [5.74, 6) is 0.459. The van der Waals surface area contributed by atoms with Crippen molar-refractivity contribution >= 4 is 23.4 Å². The van der Waals surface area contributed by atoms with Crippen molar-refractivity contribution in [1.29, 1.82) is 0 Å². The monoisotopic (exact) mass is 388 g/mol. The van der Waals surface area contributed by atoms with Crippen LogP contribution in [0, 0.1) is 0 Å². The Hall–Kier alpha value is -2.53. The van der Waals surface area contributed by atoms with E-state index in [0.717, 1.165) is 16.9 Å². The van der Waals surface area contributed by atoms with Crippen LogP contribution in [0.25, 0.3) is 0 Å². The molecule has 0 aliphatic carbocycles. The van der Waals surface area contributed by atoms with E-state index in [1.54, 1.807) is 31.2 Å². The van der Waals surface area contributed by atoms with Gasteiger partial charge in [0, 0.05) is 18.6 Å². The van der Waals surface area contributed by atoms with E-state index in [-0.39, 0.29) is 18.2 Å². The van der Waals surface area contributed by atoms with E-state index in [4.69, 9.17) is 16.3 Å². The predicted molar refractivity (Wildman–Crippen MR) is 107 cm³/mol. The molecule has 0 saturated carbocycles. The van der Waals surface area contributed by atoms with E-state index >= 15 is 0 Å². The van der Waals surface area contributed by atoms with Gasteiger partial charge < -0.3 is 15.0 Å². The van der Waals surface area contributed by atoms with Crippen LogP contribution in [0.5, 0.6) is 5.75 Å². The topological polar surface area (TPSA) is 58.6 Å². The number of likely N-dealkylation sites (N-methyl/N-ethyl adjacent to an activating group) is 1. The number of nitrogens with zero attached hydrogens (tertiary/aromatic N) is 1. The number of methoxy groups -OCH3 is 1. The van der Waals surface area contributed by atoms with E-state index in [0.29, 0.717) is 18.0 Å². The maximum absolute atomic E-state index is 13.0. The molecule has 27 heavy (non-hydrogen) atoms. The van der Waals surface area contributed by atoms with Crippen LogP contribution in [0.2, 0.25) is 5.02 Å². The molecule has 0 bridgehead atoms. The molecule has 1 N–H and O–H groups in total. The van der Waals surface area contributed by atoms with Crippen LogP contribution in [-0.4, -0.2) is 36.9 Å². The molecule has 0 aromatic heterocycles. The minimum Gasteiger partial charge on any atom is -0.497 e. The molecule has 0 unspecified atom stereocenters. The Kier molecular flexibility index (Phi) is 7.67. The van der Waals surface area contributed by atoms with E-state index in [9.17, 15) is 9.59 Å². The fourth-order valence-corrected chi connectivity index (χ4v) is 3.02. The summed E-state index contributed by atoms with van der Waals surface area (Å²) in [5, 5.41) is 3.29. The normalized spacial score (nSPS) is 11.6. The van der Waals surface area contributed by atoms with Gasteiger partial charge in [0.05, 0.1) is 13.5 Å². The fraction of sp³-hybridized carbons (Fsp3) is 0.333.